The Balaban J connectivity index is 1.40. The first-order valence-corrected chi connectivity index (χ1v) is 8.98. The summed E-state index contributed by atoms with van der Waals surface area (Å²) in [6, 6.07) is 17.6. The van der Waals surface area contributed by atoms with Gasteiger partial charge in [-0.05, 0) is 43.0 Å². The van der Waals surface area contributed by atoms with E-state index in [0.717, 1.165) is 18.5 Å². The van der Waals surface area contributed by atoms with Crippen LogP contribution >= 0.6 is 0 Å². The maximum Gasteiger partial charge on any atom is 0.414 e. The van der Waals surface area contributed by atoms with Crippen LogP contribution < -0.4 is 10.2 Å². The van der Waals surface area contributed by atoms with Crippen LogP contribution in [0.2, 0.25) is 0 Å². The van der Waals surface area contributed by atoms with Crippen molar-refractivity contribution in [1.29, 1.82) is 0 Å². The van der Waals surface area contributed by atoms with Crippen molar-refractivity contribution in [2.75, 3.05) is 18.0 Å². The highest BCUT2D eigenvalue weighted by atomic mass is 16.6. The van der Waals surface area contributed by atoms with Gasteiger partial charge in [-0.25, -0.2) is 4.79 Å². The van der Waals surface area contributed by atoms with Crippen molar-refractivity contribution in [3.63, 3.8) is 0 Å². The number of hydrogen-bond acceptors (Lipinski definition) is 3. The summed E-state index contributed by atoms with van der Waals surface area (Å²) >= 11 is 0. The smallest absolute Gasteiger partial charge is 0.414 e. The number of nitrogens with zero attached hydrogens (tertiary/aromatic N) is 1. The van der Waals surface area contributed by atoms with E-state index in [1.54, 1.807) is 4.90 Å². The quantitative estimate of drug-likeness (QED) is 0.830. The average molecular weight is 352 g/mol. The SMILES string of the molecule is Cc1ccccc1CCCC(=O)NCC1CN(c2ccccc2)C(=O)O1. The Morgan fingerprint density at radius 2 is 1.88 bits per heavy atom. The molecule has 1 atom stereocenters. The summed E-state index contributed by atoms with van der Waals surface area (Å²) in [7, 11) is 0. The molecule has 0 radical (unpaired) electrons. The third-order valence-electron chi connectivity index (χ3n) is 4.58. The van der Waals surface area contributed by atoms with E-state index in [4.69, 9.17) is 4.74 Å². The number of ether oxygens (including phenoxy) is 1. The summed E-state index contributed by atoms with van der Waals surface area (Å²) in [4.78, 5) is 25.6. The van der Waals surface area contributed by atoms with Gasteiger partial charge in [0.25, 0.3) is 0 Å². The Labute approximate surface area is 154 Å². The van der Waals surface area contributed by atoms with Gasteiger partial charge in [0, 0.05) is 12.1 Å². The van der Waals surface area contributed by atoms with E-state index in [2.05, 4.69) is 24.4 Å². The predicted molar refractivity (Wildman–Crippen MR) is 101 cm³/mol. The molecule has 1 heterocycles. The molecule has 2 aromatic carbocycles. The van der Waals surface area contributed by atoms with E-state index >= 15 is 0 Å². The Morgan fingerprint density at radius 3 is 2.65 bits per heavy atom. The van der Waals surface area contributed by atoms with E-state index in [-0.39, 0.29) is 18.1 Å². The topological polar surface area (TPSA) is 58.6 Å². The summed E-state index contributed by atoms with van der Waals surface area (Å²) < 4.78 is 5.34. The Kier molecular flexibility index (Phi) is 5.89. The minimum Gasteiger partial charge on any atom is -0.442 e. The number of para-hydroxylation sites is 1. The van der Waals surface area contributed by atoms with Gasteiger partial charge in [0.05, 0.1) is 13.1 Å². The van der Waals surface area contributed by atoms with Crippen molar-refractivity contribution in [2.45, 2.75) is 32.3 Å². The number of carbonyl (C=O) groups excluding carboxylic acids is 2. The third kappa shape index (κ3) is 4.63. The third-order valence-corrected chi connectivity index (χ3v) is 4.58. The molecular weight excluding hydrogens is 328 g/mol. The van der Waals surface area contributed by atoms with Crippen LogP contribution in [0.15, 0.2) is 54.6 Å². The highest BCUT2D eigenvalue weighted by Gasteiger charge is 2.32. The second-order valence-electron chi connectivity index (χ2n) is 6.54. The van der Waals surface area contributed by atoms with Crippen LogP contribution in [-0.2, 0) is 16.0 Å². The number of amides is 2. The minimum absolute atomic E-state index is 0.00667. The summed E-state index contributed by atoms with van der Waals surface area (Å²) in [6.07, 6.45) is 1.48. The zero-order valence-electron chi connectivity index (χ0n) is 15.0. The molecule has 2 aromatic rings. The molecule has 1 unspecified atom stereocenters. The number of carbonyl (C=O) groups is 2. The molecule has 2 amide bonds. The van der Waals surface area contributed by atoms with Crippen LogP contribution in [0.5, 0.6) is 0 Å². The van der Waals surface area contributed by atoms with Crippen molar-refractivity contribution in [3.8, 4) is 0 Å². The lowest BCUT2D eigenvalue weighted by Gasteiger charge is -2.12. The summed E-state index contributed by atoms with van der Waals surface area (Å²) in [5.74, 6) is -0.00667. The molecule has 0 bridgehead atoms. The maximum atomic E-state index is 12.0. The van der Waals surface area contributed by atoms with Gasteiger partial charge in [0.2, 0.25) is 5.91 Å². The van der Waals surface area contributed by atoms with Crippen LogP contribution in [0, 0.1) is 6.92 Å². The maximum absolute atomic E-state index is 12.0. The molecule has 136 valence electrons. The van der Waals surface area contributed by atoms with E-state index in [0.29, 0.717) is 19.5 Å². The molecule has 1 aliphatic rings. The van der Waals surface area contributed by atoms with E-state index < -0.39 is 0 Å². The van der Waals surface area contributed by atoms with Crippen molar-refractivity contribution >= 4 is 17.7 Å². The van der Waals surface area contributed by atoms with Crippen molar-refractivity contribution in [3.05, 3.63) is 65.7 Å². The monoisotopic (exact) mass is 352 g/mol. The fourth-order valence-corrected chi connectivity index (χ4v) is 3.09. The number of anilines is 1. The normalized spacial score (nSPS) is 16.4. The summed E-state index contributed by atoms with van der Waals surface area (Å²) in [6.45, 7) is 2.88. The zero-order chi connectivity index (χ0) is 18.4. The van der Waals surface area contributed by atoms with E-state index in [1.807, 2.05) is 42.5 Å². The number of benzene rings is 2. The number of hydrogen-bond donors (Lipinski definition) is 1. The minimum atomic E-state index is -0.366. The predicted octanol–water partition coefficient (Wildman–Crippen LogP) is 3.46. The fraction of sp³-hybridized carbons (Fsp3) is 0.333. The average Bonchev–Trinajstić information content (AvgIpc) is 3.03. The molecular formula is C21H24N2O3. The number of nitrogens with one attached hydrogen (secondary N) is 1. The first kappa shape index (κ1) is 18.0. The van der Waals surface area contributed by atoms with Crippen LogP contribution in [0.4, 0.5) is 10.5 Å². The lowest BCUT2D eigenvalue weighted by Crippen LogP contribution is -2.34. The Bertz CT molecular complexity index is 761. The van der Waals surface area contributed by atoms with E-state index in [9.17, 15) is 9.59 Å². The molecule has 0 aromatic heterocycles. The molecule has 1 N–H and O–H groups in total. The largest absolute Gasteiger partial charge is 0.442 e. The van der Waals surface area contributed by atoms with Crippen LogP contribution in [0.25, 0.3) is 0 Å². The molecule has 0 saturated carbocycles. The summed E-state index contributed by atoms with van der Waals surface area (Å²) in [5, 5.41) is 2.88. The fourth-order valence-electron chi connectivity index (χ4n) is 3.09. The van der Waals surface area contributed by atoms with Gasteiger partial charge in [0.15, 0.2) is 0 Å². The van der Waals surface area contributed by atoms with Gasteiger partial charge in [-0.3, -0.25) is 9.69 Å². The van der Waals surface area contributed by atoms with Crippen molar-refractivity contribution < 1.29 is 14.3 Å². The van der Waals surface area contributed by atoms with Gasteiger partial charge in [-0.1, -0.05) is 42.5 Å². The molecule has 5 heteroatoms. The van der Waals surface area contributed by atoms with Crippen LogP contribution in [-0.4, -0.2) is 31.2 Å². The molecule has 1 fully saturated rings. The Morgan fingerprint density at radius 1 is 1.15 bits per heavy atom. The standard InChI is InChI=1S/C21H24N2O3/c1-16-8-5-6-9-17(16)10-7-13-20(24)22-14-19-15-23(21(25)26-19)18-11-3-2-4-12-18/h2-6,8-9,11-12,19H,7,10,13-15H2,1H3,(H,22,24). The number of aryl methyl sites for hydroxylation is 2. The lowest BCUT2D eigenvalue weighted by atomic mass is 10.0. The van der Waals surface area contributed by atoms with E-state index in [1.165, 1.54) is 11.1 Å². The highest BCUT2D eigenvalue weighted by Crippen LogP contribution is 2.20. The molecule has 1 saturated heterocycles. The van der Waals surface area contributed by atoms with Gasteiger partial charge < -0.3 is 10.1 Å². The second-order valence-corrected chi connectivity index (χ2v) is 6.54. The summed E-state index contributed by atoms with van der Waals surface area (Å²) in [5.41, 5.74) is 3.35. The first-order chi connectivity index (χ1) is 12.6. The van der Waals surface area contributed by atoms with Gasteiger partial charge in [-0.2, -0.15) is 0 Å². The zero-order valence-corrected chi connectivity index (χ0v) is 15.0. The molecule has 0 spiro atoms. The van der Waals surface area contributed by atoms with Crippen LogP contribution in [0.1, 0.15) is 24.0 Å². The highest BCUT2D eigenvalue weighted by molar-refractivity contribution is 5.89. The molecule has 5 nitrogen and oxygen atoms in total. The van der Waals surface area contributed by atoms with Crippen molar-refractivity contribution in [2.24, 2.45) is 0 Å². The van der Waals surface area contributed by atoms with Crippen molar-refractivity contribution in [1.82, 2.24) is 5.32 Å². The molecule has 3 rings (SSSR count). The number of cyclic esters (lactones) is 1. The Hall–Kier alpha value is -2.82. The van der Waals surface area contributed by atoms with Gasteiger partial charge in [-0.15, -0.1) is 0 Å². The second kappa shape index (κ2) is 8.52. The lowest BCUT2D eigenvalue weighted by molar-refractivity contribution is -0.121. The van der Waals surface area contributed by atoms with Crippen LogP contribution in [0.3, 0.4) is 0 Å². The number of rotatable bonds is 7. The van der Waals surface area contributed by atoms with Gasteiger partial charge >= 0.3 is 6.09 Å². The molecule has 1 aliphatic heterocycles. The first-order valence-electron chi connectivity index (χ1n) is 8.98. The molecule has 26 heavy (non-hydrogen) atoms. The molecule has 0 aliphatic carbocycles. The van der Waals surface area contributed by atoms with Gasteiger partial charge in [0.1, 0.15) is 6.10 Å².